The molecule has 2 heterocycles. The van der Waals surface area contributed by atoms with Crippen LogP contribution in [-0.2, 0) is 16.0 Å². The number of amides is 2. The highest BCUT2D eigenvalue weighted by Gasteiger charge is 2.47. The molecule has 0 unspecified atom stereocenters. The second-order valence-electron chi connectivity index (χ2n) is 8.81. The van der Waals surface area contributed by atoms with Crippen LogP contribution in [0.5, 0.6) is 0 Å². The van der Waals surface area contributed by atoms with E-state index in [-0.39, 0.29) is 17.7 Å². The van der Waals surface area contributed by atoms with Gasteiger partial charge < -0.3 is 10.2 Å². The molecule has 2 amide bonds. The third-order valence-electron chi connectivity index (χ3n) is 6.51. The molecule has 0 bridgehead atoms. The summed E-state index contributed by atoms with van der Waals surface area (Å²) in [5.74, 6) is 0.901. The first-order valence-electron chi connectivity index (χ1n) is 10.8. The third-order valence-corrected chi connectivity index (χ3v) is 7.42. The number of benzene rings is 1. The van der Waals surface area contributed by atoms with Crippen LogP contribution < -0.4 is 5.32 Å². The molecular formula is C25H30N2O2S. The lowest BCUT2D eigenvalue weighted by Crippen LogP contribution is -2.54. The lowest BCUT2D eigenvalue weighted by molar-refractivity contribution is -0.142. The van der Waals surface area contributed by atoms with E-state index in [4.69, 9.17) is 0 Å². The first-order valence-corrected chi connectivity index (χ1v) is 11.7. The highest BCUT2D eigenvalue weighted by molar-refractivity contribution is 7.13. The normalized spacial score (nSPS) is 25.6. The van der Waals surface area contributed by atoms with Crippen LogP contribution in [0.2, 0.25) is 0 Å². The molecule has 2 aromatic rings. The predicted octanol–water partition coefficient (Wildman–Crippen LogP) is 4.52. The Hall–Kier alpha value is -2.40. The van der Waals surface area contributed by atoms with Gasteiger partial charge in [0.05, 0.1) is 5.41 Å². The fourth-order valence-electron chi connectivity index (χ4n) is 4.60. The van der Waals surface area contributed by atoms with E-state index in [1.165, 1.54) is 10.4 Å². The number of rotatable bonds is 7. The summed E-state index contributed by atoms with van der Waals surface area (Å²) < 4.78 is 0. The van der Waals surface area contributed by atoms with Gasteiger partial charge in [0.15, 0.2) is 0 Å². The fourth-order valence-corrected chi connectivity index (χ4v) is 5.34. The fraction of sp³-hybridized carbons (Fsp3) is 0.440. The number of thiophene rings is 1. The summed E-state index contributed by atoms with van der Waals surface area (Å²) in [4.78, 5) is 29.4. The topological polar surface area (TPSA) is 49.4 Å². The monoisotopic (exact) mass is 422 g/mol. The second kappa shape index (κ2) is 8.76. The molecule has 1 saturated heterocycles. The maximum atomic E-state index is 13.3. The van der Waals surface area contributed by atoms with Crippen LogP contribution in [0.1, 0.15) is 31.7 Å². The lowest BCUT2D eigenvalue weighted by atomic mass is 9.74. The molecule has 0 spiro atoms. The van der Waals surface area contributed by atoms with Gasteiger partial charge in [-0.25, -0.2) is 0 Å². The van der Waals surface area contributed by atoms with Crippen LogP contribution in [-0.4, -0.2) is 36.3 Å². The quantitative estimate of drug-likeness (QED) is 0.667. The smallest absolute Gasteiger partial charge is 0.228 e. The average molecular weight is 423 g/mol. The van der Waals surface area contributed by atoms with Gasteiger partial charge >= 0.3 is 0 Å². The average Bonchev–Trinajstić information content (AvgIpc) is 3.25. The zero-order valence-electron chi connectivity index (χ0n) is 17.6. The SMILES string of the molecule is C=CCNC(=O)[C@]1(Cc2ccc(-c3cccs3)cc2)CCCN(C(=O)[C@@H]2C[C@H]2C)C1. The van der Waals surface area contributed by atoms with Crippen molar-refractivity contribution in [2.75, 3.05) is 19.6 Å². The van der Waals surface area contributed by atoms with Gasteiger partial charge in [-0.15, -0.1) is 17.9 Å². The minimum Gasteiger partial charge on any atom is -0.352 e. The zero-order chi connectivity index (χ0) is 21.1. The minimum atomic E-state index is -0.584. The zero-order valence-corrected chi connectivity index (χ0v) is 18.4. The summed E-state index contributed by atoms with van der Waals surface area (Å²) in [7, 11) is 0. The molecule has 2 fully saturated rings. The molecular weight excluding hydrogens is 392 g/mol. The van der Waals surface area contributed by atoms with Crippen molar-refractivity contribution in [3.8, 4) is 10.4 Å². The Bertz CT molecular complexity index is 906. The van der Waals surface area contributed by atoms with Gasteiger partial charge in [0.2, 0.25) is 11.8 Å². The van der Waals surface area contributed by atoms with Gasteiger partial charge in [0.25, 0.3) is 0 Å². The van der Waals surface area contributed by atoms with Crippen molar-refractivity contribution in [2.45, 2.75) is 32.6 Å². The minimum absolute atomic E-state index is 0.0334. The van der Waals surface area contributed by atoms with Crippen molar-refractivity contribution in [1.29, 1.82) is 0 Å². The number of carbonyl (C=O) groups excluding carboxylic acids is 2. The van der Waals surface area contributed by atoms with E-state index < -0.39 is 5.41 Å². The van der Waals surface area contributed by atoms with Crippen molar-refractivity contribution in [2.24, 2.45) is 17.3 Å². The van der Waals surface area contributed by atoms with Crippen molar-refractivity contribution in [1.82, 2.24) is 10.2 Å². The standard InChI is InChI=1S/C25H30N2O2S/c1-3-12-26-24(29)25(11-5-13-27(17-25)23(28)21-15-18(21)2)16-19-7-9-20(10-8-19)22-6-4-14-30-22/h3-4,6-10,14,18,21H,1,5,11-13,15-17H2,2H3,(H,26,29)/t18-,21-,25+/m1/s1. The van der Waals surface area contributed by atoms with Crippen molar-refractivity contribution in [3.05, 3.63) is 60.0 Å². The van der Waals surface area contributed by atoms with E-state index >= 15 is 0 Å². The van der Waals surface area contributed by atoms with Crippen molar-refractivity contribution < 1.29 is 9.59 Å². The summed E-state index contributed by atoms with van der Waals surface area (Å²) >= 11 is 1.73. The van der Waals surface area contributed by atoms with E-state index in [0.717, 1.165) is 31.4 Å². The Balaban J connectivity index is 1.55. The van der Waals surface area contributed by atoms with E-state index in [0.29, 0.717) is 25.4 Å². The number of likely N-dealkylation sites (tertiary alicyclic amines) is 1. The molecule has 1 aliphatic carbocycles. The Labute approximate surface area is 183 Å². The van der Waals surface area contributed by atoms with E-state index in [2.05, 4.69) is 60.6 Å². The maximum Gasteiger partial charge on any atom is 0.228 e. The maximum absolute atomic E-state index is 13.3. The van der Waals surface area contributed by atoms with Crippen LogP contribution in [0.15, 0.2) is 54.4 Å². The molecule has 1 N–H and O–H groups in total. The molecule has 3 atom stereocenters. The van der Waals surface area contributed by atoms with Crippen molar-refractivity contribution >= 4 is 23.2 Å². The highest BCUT2D eigenvalue weighted by Crippen LogP contribution is 2.42. The molecule has 0 radical (unpaired) electrons. The van der Waals surface area contributed by atoms with Crippen LogP contribution in [0, 0.1) is 17.3 Å². The van der Waals surface area contributed by atoms with Gasteiger partial charge in [0, 0.05) is 30.4 Å². The van der Waals surface area contributed by atoms with Crippen LogP contribution in [0.25, 0.3) is 10.4 Å². The second-order valence-corrected chi connectivity index (χ2v) is 9.76. The molecule has 1 aliphatic heterocycles. The highest BCUT2D eigenvalue weighted by atomic mass is 32.1. The molecule has 158 valence electrons. The van der Waals surface area contributed by atoms with Crippen LogP contribution in [0.4, 0.5) is 0 Å². The van der Waals surface area contributed by atoms with E-state index in [1.807, 2.05) is 4.90 Å². The first kappa shape index (κ1) is 20.9. The number of piperidine rings is 1. The molecule has 2 aliphatic rings. The first-order chi connectivity index (χ1) is 14.5. The number of hydrogen-bond acceptors (Lipinski definition) is 3. The summed E-state index contributed by atoms with van der Waals surface area (Å²) in [6, 6.07) is 12.7. The molecule has 4 rings (SSSR count). The van der Waals surface area contributed by atoms with Gasteiger partial charge in [-0.05, 0) is 54.2 Å². The van der Waals surface area contributed by atoms with Gasteiger partial charge in [-0.3, -0.25) is 9.59 Å². The third kappa shape index (κ3) is 4.36. The van der Waals surface area contributed by atoms with Gasteiger partial charge in [-0.2, -0.15) is 0 Å². The Morgan fingerprint density at radius 1 is 1.30 bits per heavy atom. The van der Waals surface area contributed by atoms with E-state index in [1.54, 1.807) is 17.4 Å². The van der Waals surface area contributed by atoms with Crippen molar-refractivity contribution in [3.63, 3.8) is 0 Å². The molecule has 30 heavy (non-hydrogen) atoms. The Morgan fingerprint density at radius 2 is 2.07 bits per heavy atom. The molecule has 5 heteroatoms. The Kier molecular flexibility index (Phi) is 6.09. The number of hydrogen-bond donors (Lipinski definition) is 1. The van der Waals surface area contributed by atoms with E-state index in [9.17, 15) is 9.59 Å². The number of nitrogens with one attached hydrogen (secondary N) is 1. The predicted molar refractivity (Wildman–Crippen MR) is 122 cm³/mol. The molecule has 1 aromatic carbocycles. The summed E-state index contributed by atoms with van der Waals surface area (Å²) in [6.45, 7) is 7.57. The summed E-state index contributed by atoms with van der Waals surface area (Å²) in [5.41, 5.74) is 1.75. The summed E-state index contributed by atoms with van der Waals surface area (Å²) in [6.07, 6.45) is 4.99. The molecule has 1 saturated carbocycles. The Morgan fingerprint density at radius 3 is 2.70 bits per heavy atom. The summed E-state index contributed by atoms with van der Waals surface area (Å²) in [5, 5.41) is 5.10. The number of carbonyl (C=O) groups is 2. The van der Waals surface area contributed by atoms with Crippen LogP contribution >= 0.6 is 11.3 Å². The number of nitrogens with zero attached hydrogens (tertiary/aromatic N) is 1. The van der Waals surface area contributed by atoms with Gasteiger partial charge in [0.1, 0.15) is 0 Å². The molecule has 1 aromatic heterocycles. The largest absolute Gasteiger partial charge is 0.352 e. The lowest BCUT2D eigenvalue weighted by Gasteiger charge is -2.42. The van der Waals surface area contributed by atoms with Gasteiger partial charge in [-0.1, -0.05) is 43.3 Å². The molecule has 4 nitrogen and oxygen atoms in total. The van der Waals surface area contributed by atoms with Crippen LogP contribution in [0.3, 0.4) is 0 Å².